The van der Waals surface area contributed by atoms with Gasteiger partial charge in [-0.15, -0.1) is 0 Å². The average molecular weight is 270 g/mol. The Morgan fingerprint density at radius 3 is 2.68 bits per heavy atom. The van der Waals surface area contributed by atoms with Crippen LogP contribution >= 0.6 is 0 Å². The van der Waals surface area contributed by atoms with Gasteiger partial charge in [-0.1, -0.05) is 6.92 Å². The minimum atomic E-state index is -1.15. The third kappa shape index (κ3) is 4.13. The van der Waals surface area contributed by atoms with Gasteiger partial charge in [0.25, 0.3) is 0 Å². The summed E-state index contributed by atoms with van der Waals surface area (Å²) in [6.07, 6.45) is 0.226. The number of carboxylic acids is 1. The number of carboxylic acid groups (broad SMARTS) is 1. The molecule has 0 saturated heterocycles. The van der Waals surface area contributed by atoms with Crippen molar-refractivity contribution in [1.82, 2.24) is 5.32 Å². The predicted octanol–water partition coefficient (Wildman–Crippen LogP) is 1.82. The number of carbonyl (C=O) groups is 2. The van der Waals surface area contributed by atoms with E-state index >= 15 is 0 Å². The molecule has 19 heavy (non-hydrogen) atoms. The summed E-state index contributed by atoms with van der Waals surface area (Å²) in [4.78, 5) is 22.3. The van der Waals surface area contributed by atoms with E-state index in [1.807, 2.05) is 0 Å². The Morgan fingerprint density at radius 2 is 2.16 bits per heavy atom. The fraction of sp³-hybridized carbons (Fsp3) is 0.333. The standard InChI is InChI=1S/C12H15FN2O4/c1-3-9(11(16)17)14-12(18)15-10-6-7(19-2)4-5-8(10)13/h4-6,9H,3H2,1-2H3,(H,16,17)(H2,14,15,18). The fourth-order valence-electron chi connectivity index (χ4n) is 1.38. The van der Waals surface area contributed by atoms with E-state index in [2.05, 4.69) is 10.6 Å². The summed E-state index contributed by atoms with van der Waals surface area (Å²) in [5.74, 6) is -1.41. The molecule has 0 fully saturated rings. The van der Waals surface area contributed by atoms with Gasteiger partial charge in [-0.2, -0.15) is 0 Å². The summed E-state index contributed by atoms with van der Waals surface area (Å²) in [6, 6.07) is 2.04. The van der Waals surface area contributed by atoms with Gasteiger partial charge in [0.2, 0.25) is 0 Å². The summed E-state index contributed by atoms with van der Waals surface area (Å²) in [5, 5.41) is 13.2. The lowest BCUT2D eigenvalue weighted by molar-refractivity contribution is -0.139. The molecule has 6 nitrogen and oxygen atoms in total. The molecule has 0 spiro atoms. The minimum absolute atomic E-state index is 0.0860. The predicted molar refractivity (Wildman–Crippen MR) is 66.8 cm³/mol. The van der Waals surface area contributed by atoms with E-state index < -0.39 is 23.9 Å². The van der Waals surface area contributed by atoms with Crippen molar-refractivity contribution in [2.75, 3.05) is 12.4 Å². The molecule has 0 aliphatic heterocycles. The van der Waals surface area contributed by atoms with Gasteiger partial charge < -0.3 is 20.5 Å². The largest absolute Gasteiger partial charge is 0.497 e. The molecule has 2 amide bonds. The lowest BCUT2D eigenvalue weighted by atomic mass is 10.2. The van der Waals surface area contributed by atoms with Crippen molar-refractivity contribution >= 4 is 17.7 Å². The van der Waals surface area contributed by atoms with Gasteiger partial charge in [0, 0.05) is 6.07 Å². The number of urea groups is 1. The van der Waals surface area contributed by atoms with E-state index in [-0.39, 0.29) is 12.1 Å². The number of nitrogens with one attached hydrogen (secondary N) is 2. The van der Waals surface area contributed by atoms with Crippen molar-refractivity contribution < 1.29 is 23.8 Å². The van der Waals surface area contributed by atoms with Crippen LogP contribution in [0.5, 0.6) is 5.75 Å². The molecule has 1 rings (SSSR count). The number of amides is 2. The van der Waals surface area contributed by atoms with Gasteiger partial charge in [-0.25, -0.2) is 14.0 Å². The van der Waals surface area contributed by atoms with Crippen LogP contribution in [0, 0.1) is 5.82 Å². The Labute approximate surface area is 109 Å². The molecule has 3 N–H and O–H groups in total. The molecule has 1 atom stereocenters. The molecule has 104 valence electrons. The van der Waals surface area contributed by atoms with Crippen molar-refractivity contribution in [2.24, 2.45) is 0 Å². The smallest absolute Gasteiger partial charge is 0.326 e. The summed E-state index contributed by atoms with van der Waals surface area (Å²) >= 11 is 0. The third-order valence-electron chi connectivity index (χ3n) is 2.43. The molecule has 0 aliphatic carbocycles. The number of hydrogen-bond acceptors (Lipinski definition) is 3. The number of ether oxygens (including phenoxy) is 1. The van der Waals surface area contributed by atoms with E-state index in [4.69, 9.17) is 9.84 Å². The van der Waals surface area contributed by atoms with E-state index in [0.717, 1.165) is 6.07 Å². The molecule has 0 aliphatic rings. The van der Waals surface area contributed by atoms with Crippen LogP contribution in [-0.4, -0.2) is 30.3 Å². The second-order valence-corrected chi connectivity index (χ2v) is 3.74. The molecule has 0 heterocycles. The molecule has 0 bridgehead atoms. The summed E-state index contributed by atoms with van der Waals surface area (Å²) in [7, 11) is 1.41. The molecule has 7 heteroatoms. The Balaban J connectivity index is 2.73. The number of rotatable bonds is 5. The molecule has 1 unspecified atom stereocenters. The molecule has 1 aromatic carbocycles. The van der Waals surface area contributed by atoms with Crippen molar-refractivity contribution in [3.8, 4) is 5.75 Å². The first-order chi connectivity index (χ1) is 8.97. The van der Waals surface area contributed by atoms with E-state index in [1.54, 1.807) is 6.92 Å². The van der Waals surface area contributed by atoms with Crippen LogP contribution in [0.4, 0.5) is 14.9 Å². The average Bonchev–Trinajstić information content (AvgIpc) is 2.38. The van der Waals surface area contributed by atoms with Crippen LogP contribution in [-0.2, 0) is 4.79 Å². The second-order valence-electron chi connectivity index (χ2n) is 3.74. The molecule has 1 aromatic rings. The van der Waals surface area contributed by atoms with Gasteiger partial charge in [0.15, 0.2) is 0 Å². The zero-order chi connectivity index (χ0) is 14.4. The zero-order valence-electron chi connectivity index (χ0n) is 10.6. The Morgan fingerprint density at radius 1 is 1.47 bits per heavy atom. The van der Waals surface area contributed by atoms with Gasteiger partial charge in [-0.05, 0) is 18.6 Å². The highest BCUT2D eigenvalue weighted by atomic mass is 19.1. The van der Waals surface area contributed by atoms with Crippen LogP contribution < -0.4 is 15.4 Å². The molecule has 0 aromatic heterocycles. The van der Waals surface area contributed by atoms with Crippen molar-refractivity contribution in [2.45, 2.75) is 19.4 Å². The number of anilines is 1. The summed E-state index contributed by atoms with van der Waals surface area (Å²) in [5.41, 5.74) is -0.0860. The van der Waals surface area contributed by atoms with Crippen LogP contribution in [0.1, 0.15) is 13.3 Å². The van der Waals surface area contributed by atoms with Crippen LogP contribution in [0.25, 0.3) is 0 Å². The Bertz CT molecular complexity index is 479. The summed E-state index contributed by atoms with van der Waals surface area (Å²) in [6.45, 7) is 1.62. The molecule has 0 saturated carbocycles. The summed E-state index contributed by atoms with van der Waals surface area (Å²) < 4.78 is 18.3. The third-order valence-corrected chi connectivity index (χ3v) is 2.43. The highest BCUT2D eigenvalue weighted by molar-refractivity contribution is 5.92. The van der Waals surface area contributed by atoms with Crippen LogP contribution in [0.15, 0.2) is 18.2 Å². The van der Waals surface area contributed by atoms with Crippen molar-refractivity contribution in [3.63, 3.8) is 0 Å². The SMILES string of the molecule is CCC(NC(=O)Nc1cc(OC)ccc1F)C(=O)O. The quantitative estimate of drug-likeness (QED) is 0.761. The maximum Gasteiger partial charge on any atom is 0.326 e. The van der Waals surface area contributed by atoms with Gasteiger partial charge in [0.1, 0.15) is 17.6 Å². The molecular weight excluding hydrogens is 255 g/mol. The van der Waals surface area contributed by atoms with Crippen molar-refractivity contribution in [3.05, 3.63) is 24.0 Å². The number of aliphatic carboxylic acids is 1. The monoisotopic (exact) mass is 270 g/mol. The topological polar surface area (TPSA) is 87.7 Å². The number of methoxy groups -OCH3 is 1. The number of halogens is 1. The zero-order valence-corrected chi connectivity index (χ0v) is 10.6. The van der Waals surface area contributed by atoms with E-state index in [9.17, 15) is 14.0 Å². The fourth-order valence-corrected chi connectivity index (χ4v) is 1.38. The van der Waals surface area contributed by atoms with E-state index in [1.165, 1.54) is 19.2 Å². The molecule has 0 radical (unpaired) electrons. The maximum atomic E-state index is 13.4. The highest BCUT2D eigenvalue weighted by Gasteiger charge is 2.18. The second kappa shape index (κ2) is 6.58. The normalized spacial score (nSPS) is 11.5. The Kier molecular flexibility index (Phi) is 5.11. The van der Waals surface area contributed by atoms with Crippen LogP contribution in [0.3, 0.4) is 0 Å². The minimum Gasteiger partial charge on any atom is -0.497 e. The van der Waals surface area contributed by atoms with Crippen molar-refractivity contribution in [1.29, 1.82) is 0 Å². The van der Waals surface area contributed by atoms with Crippen LogP contribution in [0.2, 0.25) is 0 Å². The first kappa shape index (κ1) is 14.7. The first-order valence-electron chi connectivity index (χ1n) is 5.61. The van der Waals surface area contributed by atoms with Gasteiger partial charge >= 0.3 is 12.0 Å². The van der Waals surface area contributed by atoms with Gasteiger partial charge in [0.05, 0.1) is 12.8 Å². The molecular formula is C12H15FN2O4. The lowest BCUT2D eigenvalue weighted by Gasteiger charge is -2.14. The maximum absolute atomic E-state index is 13.4. The first-order valence-corrected chi connectivity index (χ1v) is 5.61. The number of carbonyl (C=O) groups excluding carboxylic acids is 1. The number of benzene rings is 1. The van der Waals surface area contributed by atoms with E-state index in [0.29, 0.717) is 5.75 Å². The highest BCUT2D eigenvalue weighted by Crippen LogP contribution is 2.20. The number of hydrogen-bond donors (Lipinski definition) is 3. The Hall–Kier alpha value is -2.31. The van der Waals surface area contributed by atoms with Gasteiger partial charge in [-0.3, -0.25) is 0 Å². The lowest BCUT2D eigenvalue weighted by Crippen LogP contribution is -2.42.